The summed E-state index contributed by atoms with van der Waals surface area (Å²) < 4.78 is 1.02. The van der Waals surface area contributed by atoms with E-state index in [2.05, 4.69) is 6.92 Å². The lowest BCUT2D eigenvalue weighted by Gasteiger charge is -1.70. The molecule has 0 N–H and O–H groups in total. The van der Waals surface area contributed by atoms with Gasteiger partial charge in [-0.25, -0.2) is 0 Å². The minimum Gasteiger partial charge on any atom is -0.0595 e. The maximum absolute atomic E-state index is 2.33. The van der Waals surface area contributed by atoms with E-state index >= 15 is 0 Å². The van der Waals surface area contributed by atoms with E-state index in [0.29, 0.717) is 6.90 Å². The highest BCUT2D eigenvalue weighted by atomic mass is 32.3. The zero-order chi connectivity index (χ0) is 4.20. The van der Waals surface area contributed by atoms with E-state index in [0.717, 1.165) is 4.64 Å². The zero-order valence-corrected chi connectivity index (χ0v) is 6.39. The van der Waals surface area contributed by atoms with Gasteiger partial charge in [-0.3, -0.25) is 0 Å². The van der Waals surface area contributed by atoms with Crippen molar-refractivity contribution < 1.29 is 0 Å². The van der Waals surface area contributed by atoms with Crippen molar-refractivity contribution in [3.8, 4) is 0 Å². The van der Waals surface area contributed by atoms with Gasteiger partial charge in [-0.15, -0.1) is 0 Å². The van der Waals surface area contributed by atoms with Crippen LogP contribution in [0.25, 0.3) is 0 Å². The standard InChI is InChI=1S/C3H6P3/c1-2-3-4-6(3)5-3/h4H,2H2,1H3/q+1. The first-order chi connectivity index (χ1) is 2.87. The molecule has 0 amide bonds. The largest absolute Gasteiger partial charge is 0.267 e. The van der Waals surface area contributed by atoms with E-state index in [9.17, 15) is 0 Å². The first-order valence-corrected chi connectivity index (χ1v) is 6.96. The topological polar surface area (TPSA) is 0 Å². The van der Waals surface area contributed by atoms with Crippen molar-refractivity contribution in [3.05, 3.63) is 0 Å². The summed E-state index contributed by atoms with van der Waals surface area (Å²) in [5, 5.41) is 0. The van der Waals surface area contributed by atoms with Crippen molar-refractivity contribution in [3.63, 3.8) is 0 Å². The summed E-state index contributed by atoms with van der Waals surface area (Å²) in [5.74, 6) is 0. The van der Waals surface area contributed by atoms with Crippen molar-refractivity contribution in [2.75, 3.05) is 0 Å². The van der Waals surface area contributed by atoms with Gasteiger partial charge in [0.15, 0.2) is 23.0 Å². The molecule has 0 nitrogen and oxygen atoms in total. The van der Waals surface area contributed by atoms with Crippen LogP contribution in [0.2, 0.25) is 0 Å². The molecule has 3 unspecified atom stereocenters. The maximum Gasteiger partial charge on any atom is 0.267 e. The summed E-state index contributed by atoms with van der Waals surface area (Å²) in [6.45, 7) is 3.04. The molecule has 0 saturated carbocycles. The third-order valence-electron chi connectivity index (χ3n) is 1.30. The van der Waals surface area contributed by atoms with E-state index in [1.165, 1.54) is 14.7 Å². The highest BCUT2D eigenvalue weighted by molar-refractivity contribution is 8.65. The van der Waals surface area contributed by atoms with Crippen LogP contribution in [0.1, 0.15) is 13.3 Å². The molecule has 0 radical (unpaired) electrons. The molecule has 0 aromatic rings. The van der Waals surface area contributed by atoms with Gasteiger partial charge >= 0.3 is 0 Å². The molecule has 1 fully saturated rings. The quantitative estimate of drug-likeness (QED) is 0.484. The van der Waals surface area contributed by atoms with Gasteiger partial charge < -0.3 is 0 Å². The van der Waals surface area contributed by atoms with Crippen LogP contribution < -0.4 is 0 Å². The number of hydrogen-bond donors (Lipinski definition) is 0. The predicted octanol–water partition coefficient (Wildman–Crippen LogP) is 3.01. The van der Waals surface area contributed by atoms with Gasteiger partial charge in [0.2, 0.25) is 0 Å². The third kappa shape index (κ3) is 0.318. The van der Waals surface area contributed by atoms with Gasteiger partial charge in [-0.1, -0.05) is 6.92 Å². The van der Waals surface area contributed by atoms with Crippen LogP contribution in [0.15, 0.2) is 0 Å². The van der Waals surface area contributed by atoms with Crippen molar-refractivity contribution >= 4 is 23.0 Å². The summed E-state index contributed by atoms with van der Waals surface area (Å²) >= 11 is 0. The summed E-state index contributed by atoms with van der Waals surface area (Å²) in [6, 6.07) is 0. The Morgan fingerprint density at radius 2 is 2.50 bits per heavy atom. The van der Waals surface area contributed by atoms with E-state index in [1.54, 1.807) is 0 Å². The molecule has 3 atom stereocenters. The van der Waals surface area contributed by atoms with Crippen molar-refractivity contribution in [2.24, 2.45) is 0 Å². The second-order valence-electron chi connectivity index (χ2n) is 1.69. The second-order valence-corrected chi connectivity index (χ2v) is 11.3. The van der Waals surface area contributed by atoms with Crippen molar-refractivity contribution in [1.29, 1.82) is 0 Å². The van der Waals surface area contributed by atoms with Crippen LogP contribution in [0.3, 0.4) is 0 Å². The molecule has 6 heavy (non-hydrogen) atoms. The fourth-order valence-electron chi connectivity index (χ4n) is 0.590. The highest BCUT2D eigenvalue weighted by Gasteiger charge is 2.79. The molecular formula is C3H6P3+. The SMILES string of the molecule is CCC12P=[P+]1P2. The lowest BCUT2D eigenvalue weighted by atomic mass is 10.6. The van der Waals surface area contributed by atoms with Gasteiger partial charge in [0.05, 0.1) is 0 Å². The lowest BCUT2D eigenvalue weighted by Crippen LogP contribution is -1.76. The van der Waals surface area contributed by atoms with Crippen molar-refractivity contribution in [2.45, 2.75) is 18.0 Å². The van der Waals surface area contributed by atoms with Gasteiger partial charge in [0, 0.05) is 6.42 Å². The minimum atomic E-state index is 0.712. The Bertz CT molecular complexity index is 128. The molecule has 2 heterocycles. The van der Waals surface area contributed by atoms with Crippen LogP contribution in [0.5, 0.6) is 0 Å². The van der Waals surface area contributed by atoms with E-state index in [1.807, 2.05) is 7.87 Å². The molecule has 2 rings (SSSR count). The molecule has 0 aromatic heterocycles. The Morgan fingerprint density at radius 1 is 2.00 bits per heavy atom. The summed E-state index contributed by atoms with van der Waals surface area (Å²) in [5.41, 5.74) is 0. The predicted molar refractivity (Wildman–Crippen MR) is 35.2 cm³/mol. The Hall–Kier alpha value is 1.03. The van der Waals surface area contributed by atoms with E-state index < -0.39 is 0 Å². The van der Waals surface area contributed by atoms with Gasteiger partial charge in [-0.05, 0) is 0 Å². The third-order valence-corrected chi connectivity index (χ3v) is 14.2. The average Bonchev–Trinajstić information content (AvgIpc) is 2.12. The van der Waals surface area contributed by atoms with Gasteiger partial charge in [0.1, 0.15) is 0 Å². The number of fused-ring (bicyclic) bond motifs is 1. The van der Waals surface area contributed by atoms with Gasteiger partial charge in [-0.2, -0.15) is 0 Å². The maximum atomic E-state index is 2.33. The fourth-order valence-corrected chi connectivity index (χ4v) is 11.6. The molecule has 2 aliphatic rings. The average molecular weight is 135 g/mol. The molecule has 3 heteroatoms. The first-order valence-electron chi connectivity index (χ1n) is 2.18. The Morgan fingerprint density at radius 3 is 2.50 bits per heavy atom. The molecule has 0 bridgehead atoms. The van der Waals surface area contributed by atoms with Crippen LogP contribution in [0.4, 0.5) is 0 Å². The fraction of sp³-hybridized carbons (Fsp3) is 1.00. The lowest BCUT2D eigenvalue weighted by molar-refractivity contribution is 1.03. The molecule has 0 aliphatic carbocycles. The molecule has 0 spiro atoms. The summed E-state index contributed by atoms with van der Waals surface area (Å²) in [4.78, 5) is 0. The van der Waals surface area contributed by atoms with Gasteiger partial charge in [0.25, 0.3) is 4.64 Å². The Balaban J connectivity index is 2.18. The molecule has 32 valence electrons. The zero-order valence-electron chi connectivity index (χ0n) is 3.60. The molecule has 1 saturated heterocycles. The van der Waals surface area contributed by atoms with E-state index in [4.69, 9.17) is 0 Å². The van der Waals surface area contributed by atoms with Crippen LogP contribution in [-0.2, 0) is 0 Å². The first kappa shape index (κ1) is 3.96. The number of hydrogen-bond acceptors (Lipinski definition) is 0. The van der Waals surface area contributed by atoms with Crippen LogP contribution in [-0.4, -0.2) is 4.64 Å². The normalized spacial score (nSPS) is 59.8. The highest BCUT2D eigenvalue weighted by Crippen LogP contribution is 3.09. The second kappa shape index (κ2) is 0.899. The monoisotopic (exact) mass is 135 g/mol. The van der Waals surface area contributed by atoms with Crippen molar-refractivity contribution in [1.82, 2.24) is 0 Å². The van der Waals surface area contributed by atoms with E-state index in [-0.39, 0.29) is 0 Å². The Labute approximate surface area is 41.8 Å². The Kier molecular flexibility index (Phi) is 0.594. The summed E-state index contributed by atoms with van der Waals surface area (Å²) in [7, 11) is 3.28. The smallest absolute Gasteiger partial charge is 0.0595 e. The molecule has 2 aliphatic heterocycles. The van der Waals surface area contributed by atoms with Crippen LogP contribution in [0, 0.1) is 0 Å². The minimum absolute atomic E-state index is 0.712. The molecule has 0 aromatic carbocycles. The summed E-state index contributed by atoms with van der Waals surface area (Å²) in [6.07, 6.45) is 1.48. The van der Waals surface area contributed by atoms with Crippen LogP contribution >= 0.6 is 23.0 Å². The number of rotatable bonds is 1. The molecular weight excluding hydrogens is 129 g/mol.